The van der Waals surface area contributed by atoms with E-state index < -0.39 is 11.4 Å². The van der Waals surface area contributed by atoms with Crippen LogP contribution in [0.2, 0.25) is 0 Å². The number of carboxylic acids is 1. The minimum atomic E-state index is -1.00. The van der Waals surface area contributed by atoms with E-state index in [2.05, 4.69) is 5.32 Å². The third kappa shape index (κ3) is 6.88. The minimum absolute atomic E-state index is 0.0555. The second-order valence-electron chi connectivity index (χ2n) is 7.24. The van der Waals surface area contributed by atoms with Crippen molar-refractivity contribution in [2.24, 2.45) is 11.3 Å². The van der Waals surface area contributed by atoms with E-state index in [9.17, 15) is 14.4 Å². The van der Waals surface area contributed by atoms with Gasteiger partial charge in [0.25, 0.3) is 0 Å². The Balaban J connectivity index is 5.01. The van der Waals surface area contributed by atoms with Gasteiger partial charge in [0.15, 0.2) is 0 Å². The van der Waals surface area contributed by atoms with Crippen LogP contribution in [0.3, 0.4) is 0 Å². The fraction of sp³-hybridized carbons (Fsp3) is 0.737. The molecular weight excluding hydrogens is 320 g/mol. The van der Waals surface area contributed by atoms with Crippen molar-refractivity contribution >= 4 is 17.8 Å². The summed E-state index contributed by atoms with van der Waals surface area (Å²) in [6.45, 7) is 11.2. The number of rotatable bonds is 10. The highest BCUT2D eigenvalue weighted by Crippen LogP contribution is 2.27. The van der Waals surface area contributed by atoms with Crippen LogP contribution in [-0.4, -0.2) is 47.4 Å². The van der Waals surface area contributed by atoms with Crippen LogP contribution in [0, 0.1) is 11.3 Å². The van der Waals surface area contributed by atoms with Gasteiger partial charge in [0.1, 0.15) is 0 Å². The molecule has 0 rings (SSSR count). The Bertz CT molecular complexity index is 514. The van der Waals surface area contributed by atoms with Gasteiger partial charge in [-0.25, -0.2) is 4.79 Å². The Morgan fingerprint density at radius 1 is 1.24 bits per heavy atom. The van der Waals surface area contributed by atoms with Crippen molar-refractivity contribution in [1.29, 1.82) is 0 Å². The molecule has 0 aromatic heterocycles. The number of carboxylic acid groups (broad SMARTS) is 1. The maximum Gasteiger partial charge on any atom is 0.331 e. The molecule has 0 saturated carbocycles. The third-order valence-electron chi connectivity index (χ3n) is 4.81. The van der Waals surface area contributed by atoms with Gasteiger partial charge in [-0.15, -0.1) is 0 Å². The van der Waals surface area contributed by atoms with E-state index in [0.29, 0.717) is 6.42 Å². The number of nitrogens with one attached hydrogen (secondary N) is 1. The van der Waals surface area contributed by atoms with Gasteiger partial charge >= 0.3 is 5.97 Å². The number of nitrogens with zero attached hydrogens (tertiary/aromatic N) is 1. The second kappa shape index (κ2) is 10.2. The van der Waals surface area contributed by atoms with E-state index in [0.717, 1.165) is 12.8 Å². The number of hydrogen-bond acceptors (Lipinski definition) is 3. The first-order valence-corrected chi connectivity index (χ1v) is 8.95. The largest absolute Gasteiger partial charge is 0.478 e. The molecule has 2 amide bonds. The summed E-state index contributed by atoms with van der Waals surface area (Å²) >= 11 is 0. The van der Waals surface area contributed by atoms with Crippen LogP contribution in [0.4, 0.5) is 0 Å². The van der Waals surface area contributed by atoms with Crippen LogP contribution in [-0.2, 0) is 14.4 Å². The maximum atomic E-state index is 12.5. The summed E-state index contributed by atoms with van der Waals surface area (Å²) in [6, 6.07) is -0.339. The Hall–Kier alpha value is -1.85. The monoisotopic (exact) mass is 354 g/mol. The Kier molecular flexibility index (Phi) is 9.46. The van der Waals surface area contributed by atoms with Gasteiger partial charge in [0, 0.05) is 18.0 Å². The zero-order valence-corrected chi connectivity index (χ0v) is 16.7. The van der Waals surface area contributed by atoms with E-state index >= 15 is 0 Å². The number of carbonyl (C=O) groups excluding carboxylic acids is 2. The molecule has 0 fully saturated rings. The molecule has 0 aromatic carbocycles. The second-order valence-corrected chi connectivity index (χ2v) is 7.24. The van der Waals surface area contributed by atoms with Crippen molar-refractivity contribution < 1.29 is 19.5 Å². The average Bonchev–Trinajstić information content (AvgIpc) is 2.55. The molecule has 2 N–H and O–H groups in total. The van der Waals surface area contributed by atoms with Crippen LogP contribution in [0.15, 0.2) is 11.6 Å². The first-order chi connectivity index (χ1) is 11.5. The van der Waals surface area contributed by atoms with Gasteiger partial charge in [0.05, 0.1) is 12.6 Å². The van der Waals surface area contributed by atoms with E-state index in [1.165, 1.54) is 11.8 Å². The first kappa shape index (κ1) is 23.1. The minimum Gasteiger partial charge on any atom is -0.478 e. The van der Waals surface area contributed by atoms with Crippen molar-refractivity contribution in [3.63, 3.8) is 0 Å². The topological polar surface area (TPSA) is 86.7 Å². The normalized spacial score (nSPS) is 15.4. The summed E-state index contributed by atoms with van der Waals surface area (Å²) in [7, 11) is 1.63. The predicted octanol–water partition coefficient (Wildman–Crippen LogP) is 2.83. The summed E-state index contributed by atoms with van der Waals surface area (Å²) in [5, 5.41) is 11.8. The Morgan fingerprint density at radius 2 is 1.80 bits per heavy atom. The molecule has 0 spiro atoms. The fourth-order valence-electron chi connectivity index (χ4n) is 2.74. The lowest BCUT2D eigenvalue weighted by molar-refractivity contribution is -0.136. The van der Waals surface area contributed by atoms with Gasteiger partial charge in [-0.1, -0.05) is 47.1 Å². The highest BCUT2D eigenvalue weighted by atomic mass is 16.4. The molecule has 0 heterocycles. The number of aliphatic carboxylic acids is 1. The Morgan fingerprint density at radius 3 is 2.20 bits per heavy atom. The van der Waals surface area contributed by atoms with Crippen molar-refractivity contribution in [1.82, 2.24) is 10.2 Å². The number of amides is 2. The van der Waals surface area contributed by atoms with E-state index in [1.54, 1.807) is 13.1 Å². The van der Waals surface area contributed by atoms with Crippen LogP contribution in [0.1, 0.15) is 60.8 Å². The molecule has 6 heteroatoms. The lowest BCUT2D eigenvalue weighted by Crippen LogP contribution is -2.47. The SMILES string of the molecule is CCCC(C)(CC)C(=O)NCC(=O)N(C)C(/C=C(\C)C(=O)O)C(C)C. The molecule has 144 valence electrons. The molecule has 6 nitrogen and oxygen atoms in total. The summed E-state index contributed by atoms with van der Waals surface area (Å²) in [5.74, 6) is -1.30. The lowest BCUT2D eigenvalue weighted by atomic mass is 9.82. The standard InChI is InChI=1S/C19H34N2O4/c1-8-10-19(6,9-2)18(25)20-12-16(22)21(7)15(13(3)4)11-14(5)17(23)24/h11,13,15H,8-10,12H2,1-7H3,(H,20,25)(H,23,24)/b14-11+. The molecule has 0 bridgehead atoms. The number of hydrogen-bond donors (Lipinski definition) is 2. The molecule has 0 radical (unpaired) electrons. The molecule has 0 saturated heterocycles. The lowest BCUT2D eigenvalue weighted by Gasteiger charge is -2.31. The van der Waals surface area contributed by atoms with E-state index in [-0.39, 0.29) is 35.9 Å². The highest BCUT2D eigenvalue weighted by Gasteiger charge is 2.31. The van der Waals surface area contributed by atoms with Crippen LogP contribution in [0.25, 0.3) is 0 Å². The zero-order valence-electron chi connectivity index (χ0n) is 16.7. The van der Waals surface area contributed by atoms with Gasteiger partial charge < -0.3 is 15.3 Å². The van der Waals surface area contributed by atoms with Crippen molar-refractivity contribution in [3.8, 4) is 0 Å². The van der Waals surface area contributed by atoms with Gasteiger partial charge in [-0.05, 0) is 25.7 Å². The zero-order chi connectivity index (χ0) is 19.8. The molecule has 0 aromatic rings. The molecule has 0 aliphatic carbocycles. The number of likely N-dealkylation sites (N-methyl/N-ethyl adjacent to an activating group) is 1. The fourth-order valence-corrected chi connectivity index (χ4v) is 2.74. The quantitative estimate of drug-likeness (QED) is 0.591. The van der Waals surface area contributed by atoms with Crippen LogP contribution >= 0.6 is 0 Å². The van der Waals surface area contributed by atoms with Crippen LogP contribution < -0.4 is 5.32 Å². The summed E-state index contributed by atoms with van der Waals surface area (Å²) < 4.78 is 0. The summed E-state index contributed by atoms with van der Waals surface area (Å²) in [4.78, 5) is 37.4. The van der Waals surface area contributed by atoms with Gasteiger partial charge in [-0.2, -0.15) is 0 Å². The molecule has 25 heavy (non-hydrogen) atoms. The summed E-state index contributed by atoms with van der Waals surface area (Å²) in [6.07, 6.45) is 3.97. The molecule has 0 aliphatic rings. The first-order valence-electron chi connectivity index (χ1n) is 8.95. The van der Waals surface area contributed by atoms with E-state index in [1.807, 2.05) is 34.6 Å². The van der Waals surface area contributed by atoms with Gasteiger partial charge in [0.2, 0.25) is 11.8 Å². The number of carbonyl (C=O) groups is 3. The van der Waals surface area contributed by atoms with Crippen molar-refractivity contribution in [2.75, 3.05) is 13.6 Å². The van der Waals surface area contributed by atoms with E-state index in [4.69, 9.17) is 5.11 Å². The van der Waals surface area contributed by atoms with Crippen molar-refractivity contribution in [3.05, 3.63) is 11.6 Å². The molecule has 2 unspecified atom stereocenters. The highest BCUT2D eigenvalue weighted by molar-refractivity contribution is 5.88. The molecule has 2 atom stereocenters. The smallest absolute Gasteiger partial charge is 0.331 e. The average molecular weight is 354 g/mol. The Labute approximate surface area is 151 Å². The summed E-state index contributed by atoms with van der Waals surface area (Å²) in [5.41, 5.74) is -0.269. The molecular formula is C19H34N2O4. The molecule has 0 aliphatic heterocycles. The third-order valence-corrected chi connectivity index (χ3v) is 4.81. The van der Waals surface area contributed by atoms with Gasteiger partial charge in [-0.3, -0.25) is 9.59 Å². The van der Waals surface area contributed by atoms with Crippen LogP contribution in [0.5, 0.6) is 0 Å². The predicted molar refractivity (Wildman–Crippen MR) is 99.1 cm³/mol. The van der Waals surface area contributed by atoms with Crippen molar-refractivity contribution in [2.45, 2.75) is 66.8 Å². The maximum absolute atomic E-state index is 12.5.